The Balaban J connectivity index is 1.29. The number of rotatable bonds is 6. The molecular formula is C24H35N5O2. The van der Waals surface area contributed by atoms with Crippen molar-refractivity contribution in [1.29, 1.82) is 0 Å². The molecule has 0 saturated carbocycles. The van der Waals surface area contributed by atoms with Crippen LogP contribution >= 0.6 is 0 Å². The minimum Gasteiger partial charge on any atom is -0.356 e. The average molecular weight is 426 g/mol. The number of imidazole rings is 1. The van der Waals surface area contributed by atoms with Gasteiger partial charge < -0.3 is 19.7 Å². The van der Waals surface area contributed by atoms with Crippen molar-refractivity contribution >= 4 is 22.8 Å². The molecule has 1 aromatic heterocycles. The van der Waals surface area contributed by atoms with E-state index in [1.54, 1.807) is 0 Å². The van der Waals surface area contributed by atoms with Crippen LogP contribution in [0.5, 0.6) is 0 Å². The van der Waals surface area contributed by atoms with Gasteiger partial charge in [0.2, 0.25) is 5.91 Å². The largest absolute Gasteiger partial charge is 0.356 e. The van der Waals surface area contributed by atoms with Crippen LogP contribution in [0, 0.1) is 11.8 Å². The van der Waals surface area contributed by atoms with Gasteiger partial charge in [-0.3, -0.25) is 9.59 Å². The highest BCUT2D eigenvalue weighted by Gasteiger charge is 2.27. The van der Waals surface area contributed by atoms with Crippen molar-refractivity contribution in [2.24, 2.45) is 11.8 Å². The van der Waals surface area contributed by atoms with Crippen molar-refractivity contribution in [3.63, 3.8) is 0 Å². The fourth-order valence-electron chi connectivity index (χ4n) is 4.91. The molecule has 3 heterocycles. The summed E-state index contributed by atoms with van der Waals surface area (Å²) in [5.74, 6) is 1.00. The fourth-order valence-corrected chi connectivity index (χ4v) is 4.91. The van der Waals surface area contributed by atoms with Gasteiger partial charge in [-0.1, -0.05) is 0 Å². The van der Waals surface area contributed by atoms with Gasteiger partial charge in [-0.15, -0.1) is 0 Å². The normalized spacial score (nSPS) is 20.8. The van der Waals surface area contributed by atoms with Crippen molar-refractivity contribution in [3.8, 4) is 0 Å². The van der Waals surface area contributed by atoms with E-state index in [0.717, 1.165) is 69.4 Å². The quantitative estimate of drug-likeness (QED) is 0.773. The molecule has 7 heteroatoms. The van der Waals surface area contributed by atoms with Crippen molar-refractivity contribution in [1.82, 2.24) is 24.7 Å². The minimum atomic E-state index is 0.0457. The molecule has 2 aromatic rings. The van der Waals surface area contributed by atoms with Gasteiger partial charge in [-0.05, 0) is 82.8 Å². The number of likely N-dealkylation sites (tertiary alicyclic amines) is 2. The molecule has 2 saturated heterocycles. The summed E-state index contributed by atoms with van der Waals surface area (Å²) in [6.45, 7) is 7.37. The number of carbonyl (C=O) groups is 2. The summed E-state index contributed by atoms with van der Waals surface area (Å²) in [6, 6.07) is 5.77. The van der Waals surface area contributed by atoms with Crippen LogP contribution in [-0.2, 0) is 11.3 Å². The van der Waals surface area contributed by atoms with Crippen LogP contribution in [-0.4, -0.2) is 70.9 Å². The second-order valence-corrected chi connectivity index (χ2v) is 9.25. The molecule has 1 N–H and O–H groups in total. The van der Waals surface area contributed by atoms with E-state index in [1.807, 2.05) is 29.4 Å². The number of amides is 2. The molecule has 1 aromatic carbocycles. The molecule has 2 aliphatic heterocycles. The Kier molecular flexibility index (Phi) is 6.90. The van der Waals surface area contributed by atoms with Gasteiger partial charge in [-0.25, -0.2) is 4.98 Å². The zero-order chi connectivity index (χ0) is 21.8. The Labute approximate surface area is 184 Å². The van der Waals surface area contributed by atoms with Crippen LogP contribution < -0.4 is 5.32 Å². The van der Waals surface area contributed by atoms with E-state index in [2.05, 4.69) is 33.7 Å². The maximum absolute atomic E-state index is 13.1. The number of benzene rings is 1. The summed E-state index contributed by atoms with van der Waals surface area (Å²) in [7, 11) is 2.15. The smallest absolute Gasteiger partial charge is 0.253 e. The SMILES string of the molecule is CCn1cnc2cc(C(=O)N3CCC[C@H](CC(=O)NCC4CCN(C)CC4)C3)ccc21. The van der Waals surface area contributed by atoms with Crippen LogP contribution in [0.4, 0.5) is 0 Å². The monoisotopic (exact) mass is 425 g/mol. The van der Waals surface area contributed by atoms with Gasteiger partial charge in [0.15, 0.2) is 0 Å². The number of nitrogens with one attached hydrogen (secondary N) is 1. The molecule has 31 heavy (non-hydrogen) atoms. The zero-order valence-electron chi connectivity index (χ0n) is 18.8. The highest BCUT2D eigenvalue weighted by molar-refractivity contribution is 5.97. The van der Waals surface area contributed by atoms with E-state index in [-0.39, 0.29) is 17.7 Å². The molecule has 2 aliphatic rings. The van der Waals surface area contributed by atoms with Crippen molar-refractivity contribution in [2.75, 3.05) is 39.8 Å². The predicted molar refractivity (Wildman–Crippen MR) is 122 cm³/mol. The molecule has 168 valence electrons. The molecule has 0 aliphatic carbocycles. The first-order valence-electron chi connectivity index (χ1n) is 11.7. The first-order chi connectivity index (χ1) is 15.0. The number of nitrogens with zero attached hydrogens (tertiary/aromatic N) is 4. The summed E-state index contributed by atoms with van der Waals surface area (Å²) >= 11 is 0. The Hall–Kier alpha value is -2.41. The van der Waals surface area contributed by atoms with Gasteiger partial charge in [0, 0.05) is 38.2 Å². The third kappa shape index (κ3) is 5.26. The predicted octanol–water partition coefficient (Wildman–Crippen LogP) is 2.76. The Morgan fingerprint density at radius 3 is 2.71 bits per heavy atom. The molecule has 0 bridgehead atoms. The van der Waals surface area contributed by atoms with E-state index < -0.39 is 0 Å². The third-order valence-corrected chi connectivity index (χ3v) is 6.92. The average Bonchev–Trinajstić information content (AvgIpc) is 3.21. The zero-order valence-corrected chi connectivity index (χ0v) is 18.8. The van der Waals surface area contributed by atoms with Gasteiger partial charge in [0.25, 0.3) is 5.91 Å². The lowest BCUT2D eigenvalue weighted by molar-refractivity contribution is -0.122. The van der Waals surface area contributed by atoms with Gasteiger partial charge in [-0.2, -0.15) is 0 Å². The van der Waals surface area contributed by atoms with Crippen molar-refractivity contribution < 1.29 is 9.59 Å². The number of carbonyl (C=O) groups excluding carboxylic acids is 2. The topological polar surface area (TPSA) is 70.5 Å². The fraction of sp³-hybridized carbons (Fsp3) is 0.625. The lowest BCUT2D eigenvalue weighted by atomic mass is 9.93. The molecular weight excluding hydrogens is 390 g/mol. The van der Waals surface area contributed by atoms with E-state index in [9.17, 15) is 9.59 Å². The lowest BCUT2D eigenvalue weighted by Gasteiger charge is -2.33. The minimum absolute atomic E-state index is 0.0457. The Morgan fingerprint density at radius 2 is 1.94 bits per heavy atom. The number of hydrogen-bond donors (Lipinski definition) is 1. The summed E-state index contributed by atoms with van der Waals surface area (Å²) in [4.78, 5) is 34.3. The van der Waals surface area contributed by atoms with Crippen LogP contribution in [0.25, 0.3) is 11.0 Å². The van der Waals surface area contributed by atoms with Crippen LogP contribution in [0.15, 0.2) is 24.5 Å². The van der Waals surface area contributed by atoms with Gasteiger partial charge >= 0.3 is 0 Å². The Morgan fingerprint density at radius 1 is 1.13 bits per heavy atom. The van der Waals surface area contributed by atoms with E-state index >= 15 is 0 Å². The van der Waals surface area contributed by atoms with Crippen LogP contribution in [0.2, 0.25) is 0 Å². The molecule has 1 atom stereocenters. The highest BCUT2D eigenvalue weighted by Crippen LogP contribution is 2.23. The second kappa shape index (κ2) is 9.81. The maximum atomic E-state index is 13.1. The standard InChI is InChI=1S/C24H35N5O2/c1-3-28-17-26-21-14-20(6-7-22(21)28)24(31)29-10-4-5-19(16-29)13-23(30)25-15-18-8-11-27(2)12-9-18/h6-7,14,17-19H,3-5,8-13,15-16H2,1-2H3,(H,25,30)/t19-/m1/s1. The molecule has 7 nitrogen and oxygen atoms in total. The van der Waals surface area contributed by atoms with Gasteiger partial charge in [0.1, 0.15) is 0 Å². The molecule has 2 amide bonds. The number of fused-ring (bicyclic) bond motifs is 1. The van der Waals surface area contributed by atoms with E-state index in [0.29, 0.717) is 24.4 Å². The maximum Gasteiger partial charge on any atom is 0.253 e. The number of hydrogen-bond acceptors (Lipinski definition) is 4. The molecule has 0 unspecified atom stereocenters. The van der Waals surface area contributed by atoms with Crippen LogP contribution in [0.1, 0.15) is 49.4 Å². The Bertz CT molecular complexity index is 916. The molecule has 0 radical (unpaired) electrons. The summed E-state index contributed by atoms with van der Waals surface area (Å²) in [6.07, 6.45) is 6.60. The number of aryl methyl sites for hydroxylation is 1. The van der Waals surface area contributed by atoms with Crippen LogP contribution in [0.3, 0.4) is 0 Å². The molecule has 0 spiro atoms. The summed E-state index contributed by atoms with van der Waals surface area (Å²) in [5.41, 5.74) is 2.59. The lowest BCUT2D eigenvalue weighted by Crippen LogP contribution is -2.42. The van der Waals surface area contributed by atoms with Crippen molar-refractivity contribution in [2.45, 2.75) is 45.6 Å². The summed E-state index contributed by atoms with van der Waals surface area (Å²) < 4.78 is 2.07. The number of piperidine rings is 2. The van der Waals surface area contributed by atoms with E-state index in [1.165, 1.54) is 0 Å². The number of aromatic nitrogens is 2. The van der Waals surface area contributed by atoms with Gasteiger partial charge in [0.05, 0.1) is 17.4 Å². The van der Waals surface area contributed by atoms with E-state index in [4.69, 9.17) is 0 Å². The van der Waals surface area contributed by atoms with Crippen molar-refractivity contribution in [3.05, 3.63) is 30.1 Å². The summed E-state index contributed by atoms with van der Waals surface area (Å²) in [5, 5.41) is 3.15. The second-order valence-electron chi connectivity index (χ2n) is 9.25. The highest BCUT2D eigenvalue weighted by atomic mass is 16.2. The molecule has 2 fully saturated rings. The molecule has 4 rings (SSSR count). The third-order valence-electron chi connectivity index (χ3n) is 6.92. The first kappa shape index (κ1) is 21.8. The first-order valence-corrected chi connectivity index (χ1v) is 11.7.